The maximum absolute atomic E-state index is 13.8. The number of nitrogens with one attached hydrogen (secondary N) is 1. The van der Waals surface area contributed by atoms with Gasteiger partial charge in [-0.05, 0) is 36.1 Å². The second-order valence-electron chi connectivity index (χ2n) is 13.8. The normalized spacial score (nSPS) is 34.9. The minimum Gasteiger partial charge on any atom is -0.422 e. The number of halogens is 3. The van der Waals surface area contributed by atoms with Crippen LogP contribution >= 0.6 is 0 Å². The summed E-state index contributed by atoms with van der Waals surface area (Å²) < 4.78 is 58.1. The van der Waals surface area contributed by atoms with Crippen LogP contribution < -0.4 is 5.32 Å². The third-order valence-corrected chi connectivity index (χ3v) is 10.6. The lowest BCUT2D eigenvalue weighted by molar-refractivity contribution is -0.960. The predicted molar refractivity (Wildman–Crippen MR) is 163 cm³/mol. The number of likely N-dealkylation sites (tertiary alicyclic amines) is 1. The molecule has 1 aromatic carbocycles. The number of amides is 1. The van der Waals surface area contributed by atoms with Gasteiger partial charge < -0.3 is 29.1 Å². The van der Waals surface area contributed by atoms with Gasteiger partial charge in [0.25, 0.3) is 5.91 Å². The lowest BCUT2D eigenvalue weighted by atomic mass is 9.50. The maximum Gasteiger partial charge on any atom is 0.573 e. The van der Waals surface area contributed by atoms with Gasteiger partial charge in [-0.25, -0.2) is 0 Å². The number of hydrogen-bond donors (Lipinski definition) is 2. The van der Waals surface area contributed by atoms with Crippen molar-refractivity contribution < 1.29 is 46.6 Å². The fraction of sp³-hybridized carbons (Fsp3) is 0.543. The van der Waals surface area contributed by atoms with E-state index in [0.717, 1.165) is 74.3 Å². The van der Waals surface area contributed by atoms with E-state index in [-0.39, 0.29) is 17.1 Å². The number of piperidine rings is 1. The van der Waals surface area contributed by atoms with Crippen LogP contribution in [-0.2, 0) is 23.8 Å². The summed E-state index contributed by atoms with van der Waals surface area (Å²) in [4.78, 5) is 25.7. The Bertz CT molecular complexity index is 1500. The average molecular weight is 644 g/mol. The molecule has 7 atom stereocenters. The van der Waals surface area contributed by atoms with Crippen LogP contribution in [0, 0.1) is 17.3 Å². The molecule has 46 heavy (non-hydrogen) atoms. The zero-order valence-corrected chi connectivity index (χ0v) is 26.4. The van der Waals surface area contributed by atoms with Crippen LogP contribution in [0.4, 0.5) is 13.2 Å². The van der Waals surface area contributed by atoms with Crippen LogP contribution in [0.2, 0.25) is 0 Å². The molecule has 0 radical (unpaired) electrons. The van der Waals surface area contributed by atoms with Crippen molar-refractivity contribution in [3.63, 3.8) is 0 Å². The van der Waals surface area contributed by atoms with Crippen molar-refractivity contribution in [1.82, 2.24) is 5.32 Å². The van der Waals surface area contributed by atoms with Crippen molar-refractivity contribution in [2.45, 2.75) is 83.2 Å². The van der Waals surface area contributed by atoms with Crippen molar-refractivity contribution in [3.05, 3.63) is 77.6 Å². The summed E-state index contributed by atoms with van der Waals surface area (Å²) in [5.41, 5.74) is -0.484. The highest BCUT2D eigenvalue weighted by atomic mass is 19.4. The Labute approximate surface area is 267 Å². The molecule has 5 aliphatic rings. The van der Waals surface area contributed by atoms with Crippen molar-refractivity contribution >= 4 is 17.6 Å². The van der Waals surface area contributed by atoms with E-state index >= 15 is 0 Å². The van der Waals surface area contributed by atoms with E-state index in [4.69, 9.17) is 9.47 Å². The number of aliphatic hydroxyl groups is 1. The van der Waals surface area contributed by atoms with E-state index < -0.39 is 41.6 Å². The number of benzene rings is 1. The van der Waals surface area contributed by atoms with E-state index in [2.05, 4.69) is 30.5 Å². The molecule has 1 spiro atoms. The van der Waals surface area contributed by atoms with Crippen molar-refractivity contribution in [3.8, 4) is 0 Å². The fourth-order valence-corrected chi connectivity index (χ4v) is 9.36. The number of quaternary nitrogens is 1. The molecule has 0 aromatic heterocycles. The molecule has 2 heterocycles. The largest absolute Gasteiger partial charge is 0.573 e. The molecular formula is C35H42F3N2O6+. The molecule has 2 N–H and O–H groups in total. The molecule has 6 rings (SSSR count). The Morgan fingerprint density at radius 1 is 1.24 bits per heavy atom. The smallest absolute Gasteiger partial charge is 0.422 e. The number of allylic oxidation sites excluding steroid dienone is 1. The summed E-state index contributed by atoms with van der Waals surface area (Å²) in [6, 6.07) is 7.76. The summed E-state index contributed by atoms with van der Waals surface area (Å²) in [7, 11) is 0. The molecule has 1 aromatic rings. The monoisotopic (exact) mass is 643 g/mol. The molecule has 2 saturated heterocycles. The zero-order valence-electron chi connectivity index (χ0n) is 26.4. The van der Waals surface area contributed by atoms with Gasteiger partial charge >= 0.3 is 12.3 Å². The number of rotatable bonds is 9. The standard InChI is InChI=1S/C35H41F3N2O6/c1-5-17-40(20-21(2)3)18-16-33-25-12-9-13-27(33)45-31-28(33)24(19-26(25)40)14-15-34(31,43)39-32(42)30(46-35(36,37)38)29(44-22(4)41)23-10-7-6-8-11-23/h5-8,10-11,14-15,21,25-27,31,43H,1,9,12-13,16-20H2,2-4H3/p+1/t25-,26+,27-,31?,33+,34?,40?/m0/s1. The lowest BCUT2D eigenvalue weighted by Gasteiger charge is -2.63. The number of hydrogen-bond acceptors (Lipinski definition) is 6. The molecule has 2 aliphatic heterocycles. The summed E-state index contributed by atoms with van der Waals surface area (Å²) in [6.07, 6.45) is 3.15. The highest BCUT2D eigenvalue weighted by molar-refractivity contribution is 5.99. The summed E-state index contributed by atoms with van der Waals surface area (Å²) >= 11 is 0. The van der Waals surface area contributed by atoms with E-state index in [1.807, 2.05) is 6.08 Å². The average Bonchev–Trinajstić information content (AvgIpc) is 3.33. The summed E-state index contributed by atoms with van der Waals surface area (Å²) in [5.74, 6) is -3.59. The summed E-state index contributed by atoms with van der Waals surface area (Å²) in [5, 5.41) is 14.5. The van der Waals surface area contributed by atoms with Gasteiger partial charge in [0.05, 0.1) is 31.8 Å². The van der Waals surface area contributed by atoms with Crippen LogP contribution in [0.15, 0.2) is 72.0 Å². The van der Waals surface area contributed by atoms with Gasteiger partial charge in [0.2, 0.25) is 5.76 Å². The molecule has 1 amide bonds. The third kappa shape index (κ3) is 5.40. The highest BCUT2D eigenvalue weighted by Gasteiger charge is 2.71. The van der Waals surface area contributed by atoms with E-state index in [1.165, 1.54) is 30.3 Å². The van der Waals surface area contributed by atoms with Gasteiger partial charge in [-0.2, -0.15) is 0 Å². The second-order valence-corrected chi connectivity index (χ2v) is 13.8. The van der Waals surface area contributed by atoms with Crippen LogP contribution in [-0.4, -0.2) is 71.4 Å². The first-order chi connectivity index (χ1) is 21.7. The molecule has 11 heteroatoms. The van der Waals surface area contributed by atoms with Gasteiger partial charge in [-0.3, -0.25) is 9.59 Å². The molecule has 3 unspecified atom stereocenters. The number of ether oxygens (including phenoxy) is 3. The third-order valence-electron chi connectivity index (χ3n) is 10.6. The van der Waals surface area contributed by atoms with E-state index in [0.29, 0.717) is 17.9 Å². The topological polar surface area (TPSA) is 94.1 Å². The molecule has 2 bridgehead atoms. The van der Waals surface area contributed by atoms with Gasteiger partial charge in [0.15, 0.2) is 11.5 Å². The van der Waals surface area contributed by atoms with E-state index in [1.54, 1.807) is 12.1 Å². The quantitative estimate of drug-likeness (QED) is 0.0921. The predicted octanol–water partition coefficient (Wildman–Crippen LogP) is 5.51. The van der Waals surface area contributed by atoms with Gasteiger partial charge in [0.1, 0.15) is 6.10 Å². The number of carbonyl (C=O) groups is 2. The first-order valence-corrected chi connectivity index (χ1v) is 16.1. The van der Waals surface area contributed by atoms with Gasteiger partial charge in [0, 0.05) is 42.6 Å². The number of esters is 1. The molecule has 248 valence electrons. The van der Waals surface area contributed by atoms with Crippen LogP contribution in [0.5, 0.6) is 0 Å². The van der Waals surface area contributed by atoms with E-state index in [9.17, 15) is 27.9 Å². The molecule has 3 aliphatic carbocycles. The maximum atomic E-state index is 13.8. The Morgan fingerprint density at radius 2 is 1.98 bits per heavy atom. The number of alkyl halides is 3. The number of carbonyl (C=O) groups excluding carboxylic acids is 2. The molecular weight excluding hydrogens is 601 g/mol. The molecule has 8 nitrogen and oxygen atoms in total. The SMILES string of the molecule is C=CC[N+]1(CC(C)C)CC[C@]23C4=C5C=CC(O)(NC(=O)C(OC(F)(F)F)=C(OC(C)=O)c6ccccc6)C4O[C@H]2CCC[C@H]3[C@H]1C5. The van der Waals surface area contributed by atoms with Crippen molar-refractivity contribution in [2.24, 2.45) is 17.3 Å². The first kappa shape index (κ1) is 32.5. The van der Waals surface area contributed by atoms with Gasteiger partial charge in [-0.15, -0.1) is 13.2 Å². The van der Waals surface area contributed by atoms with Crippen molar-refractivity contribution in [1.29, 1.82) is 0 Å². The van der Waals surface area contributed by atoms with Crippen LogP contribution in [0.25, 0.3) is 5.76 Å². The Kier molecular flexibility index (Phi) is 8.26. The summed E-state index contributed by atoms with van der Waals surface area (Å²) in [6.45, 7) is 12.4. The fourth-order valence-electron chi connectivity index (χ4n) is 9.36. The van der Waals surface area contributed by atoms with Crippen LogP contribution in [0.1, 0.15) is 58.4 Å². The minimum absolute atomic E-state index is 0.0104. The van der Waals surface area contributed by atoms with Crippen molar-refractivity contribution in [2.75, 3.05) is 19.6 Å². The Balaban J connectivity index is 1.39. The minimum atomic E-state index is -5.30. The van der Waals surface area contributed by atoms with Gasteiger partial charge in [-0.1, -0.05) is 63.3 Å². The Morgan fingerprint density at radius 3 is 2.63 bits per heavy atom. The molecule has 1 saturated carbocycles. The zero-order chi connectivity index (χ0) is 33.1. The number of nitrogens with zero attached hydrogens (tertiary/aromatic N) is 1. The highest BCUT2D eigenvalue weighted by Crippen LogP contribution is 2.67. The lowest BCUT2D eigenvalue weighted by Crippen LogP contribution is -2.71. The first-order valence-electron chi connectivity index (χ1n) is 16.1. The second kappa shape index (κ2) is 11.7. The Hall–Kier alpha value is -3.41. The molecule has 3 fully saturated rings. The van der Waals surface area contributed by atoms with Crippen LogP contribution in [0.3, 0.4) is 0 Å².